The average molecular weight is 791 g/mol. The van der Waals surface area contributed by atoms with Crippen LogP contribution in [0.2, 0.25) is 0 Å². The zero-order valence-electron chi connectivity index (χ0n) is 35.4. The van der Waals surface area contributed by atoms with Gasteiger partial charge in [-0.25, -0.2) is 8.42 Å². The van der Waals surface area contributed by atoms with Crippen molar-refractivity contribution >= 4 is 39.6 Å². The van der Waals surface area contributed by atoms with Crippen LogP contribution in [0.5, 0.6) is 0 Å². The molecule has 0 bridgehead atoms. The van der Waals surface area contributed by atoms with Crippen LogP contribution in [0.4, 0.5) is 0 Å². The number of amides is 5. The van der Waals surface area contributed by atoms with Gasteiger partial charge in [-0.1, -0.05) is 81.6 Å². The van der Waals surface area contributed by atoms with Gasteiger partial charge in [-0.2, -0.15) is 0 Å². The highest BCUT2D eigenvalue weighted by Crippen LogP contribution is 2.88. The van der Waals surface area contributed by atoms with Gasteiger partial charge in [0, 0.05) is 18.0 Å². The molecule has 55 heavy (non-hydrogen) atoms. The summed E-state index contributed by atoms with van der Waals surface area (Å²) in [4.78, 5) is 74.8. The summed E-state index contributed by atoms with van der Waals surface area (Å²) in [6, 6.07) is -4.15. The van der Waals surface area contributed by atoms with Crippen LogP contribution >= 0.6 is 0 Å². The molecule has 2 heterocycles. The molecular formula is C41H70N6O7S. The number of hydrogen-bond donors (Lipinski definition) is 4. The van der Waals surface area contributed by atoms with Gasteiger partial charge in [0.05, 0.1) is 11.3 Å². The van der Waals surface area contributed by atoms with Crippen molar-refractivity contribution in [1.82, 2.24) is 30.5 Å². The molecule has 5 fully saturated rings. The Balaban J connectivity index is 1.41. The number of rotatable bonds is 13. The van der Waals surface area contributed by atoms with Crippen molar-refractivity contribution in [2.24, 2.45) is 27.1 Å². The number of hydrogen-bond acceptors (Lipinski definition) is 8. The fraction of sp³-hybridized carbons (Fsp3) is 0.878. The van der Waals surface area contributed by atoms with E-state index in [4.69, 9.17) is 0 Å². The minimum atomic E-state index is -3.83. The van der Waals surface area contributed by atoms with E-state index in [1.807, 2.05) is 48.5 Å². The first-order valence-corrected chi connectivity index (χ1v) is 22.4. The lowest BCUT2D eigenvalue weighted by Gasteiger charge is -2.40. The molecule has 2 saturated heterocycles. The molecule has 312 valence electrons. The van der Waals surface area contributed by atoms with E-state index in [1.165, 1.54) is 0 Å². The van der Waals surface area contributed by atoms with Gasteiger partial charge in [-0.05, 0) is 93.4 Å². The van der Waals surface area contributed by atoms with Crippen LogP contribution in [0.25, 0.3) is 0 Å². The summed E-state index contributed by atoms with van der Waals surface area (Å²) in [5, 5.41) is 8.40. The second kappa shape index (κ2) is 15.2. The molecule has 13 nitrogen and oxygen atoms in total. The summed E-state index contributed by atoms with van der Waals surface area (Å²) in [6.07, 6.45) is 7.93. The van der Waals surface area contributed by atoms with Crippen molar-refractivity contribution in [3.8, 4) is 0 Å². The number of nitrogens with zero attached hydrogens (tertiary/aromatic N) is 2. The summed E-state index contributed by atoms with van der Waals surface area (Å²) in [5.41, 5.74) is -1.90. The van der Waals surface area contributed by atoms with Crippen molar-refractivity contribution < 1.29 is 32.4 Å². The second-order valence-corrected chi connectivity index (χ2v) is 22.3. The van der Waals surface area contributed by atoms with Crippen LogP contribution in [0.1, 0.15) is 147 Å². The number of piperidine rings is 1. The molecule has 0 unspecified atom stereocenters. The Bertz CT molecular complexity index is 1620. The van der Waals surface area contributed by atoms with Gasteiger partial charge in [0.2, 0.25) is 33.7 Å². The van der Waals surface area contributed by atoms with E-state index in [1.54, 1.807) is 4.90 Å². The van der Waals surface area contributed by atoms with Gasteiger partial charge < -0.3 is 20.9 Å². The number of fused-ring (bicyclic) bond motifs is 1. The normalized spacial score (nSPS) is 27.9. The fourth-order valence-electron chi connectivity index (χ4n) is 10.4. The molecule has 0 aromatic carbocycles. The van der Waals surface area contributed by atoms with Crippen LogP contribution < -0.4 is 20.7 Å². The molecule has 0 radical (unpaired) electrons. The molecule has 14 heteroatoms. The molecule has 0 aromatic rings. The maximum atomic E-state index is 15.0. The highest BCUT2D eigenvalue weighted by molar-refractivity contribution is 7.90. The van der Waals surface area contributed by atoms with Crippen molar-refractivity contribution in [3.05, 3.63) is 0 Å². The second-order valence-electron chi connectivity index (χ2n) is 20.3. The molecule has 5 aliphatic rings. The predicted octanol–water partition coefficient (Wildman–Crippen LogP) is 4.00. The Kier molecular flexibility index (Phi) is 12.0. The molecule has 0 aromatic heterocycles. The SMILES string of the molecule is CCC[C@H](NC(=O)[C@@H]1C[C@@]2(CN1C(=O)[C@@H](NC(=O)[C@@H](NC(=O)[C@@H]1CCCCN1C(C)C)C(C)(C)C)C(C)(C)C)C(C)(C)C21CCC1)C(=O)NS(=O)(=O)C1CC1. The van der Waals surface area contributed by atoms with E-state index in [9.17, 15) is 27.6 Å². The predicted molar refractivity (Wildman–Crippen MR) is 212 cm³/mol. The number of sulfonamides is 1. The van der Waals surface area contributed by atoms with Crippen LogP contribution in [-0.4, -0.2) is 102 Å². The number of likely N-dealkylation sites (tertiary alicyclic amines) is 2. The van der Waals surface area contributed by atoms with Gasteiger partial charge >= 0.3 is 0 Å². The molecule has 5 amide bonds. The van der Waals surface area contributed by atoms with E-state index in [2.05, 4.69) is 53.3 Å². The quantitative estimate of drug-likeness (QED) is 0.217. The average Bonchev–Trinajstić information content (AvgIpc) is 3.92. The third-order valence-electron chi connectivity index (χ3n) is 14.1. The number of nitrogens with one attached hydrogen (secondary N) is 4. The molecule has 2 spiro atoms. The van der Waals surface area contributed by atoms with Crippen LogP contribution in [-0.2, 0) is 34.0 Å². The smallest absolute Gasteiger partial charge is 0.256 e. The van der Waals surface area contributed by atoms with Crippen molar-refractivity contribution in [2.45, 2.75) is 188 Å². The van der Waals surface area contributed by atoms with Crippen molar-refractivity contribution in [2.75, 3.05) is 13.1 Å². The Morgan fingerprint density at radius 3 is 1.85 bits per heavy atom. The van der Waals surface area contributed by atoms with Crippen molar-refractivity contribution in [1.29, 1.82) is 0 Å². The molecule has 3 saturated carbocycles. The summed E-state index contributed by atoms with van der Waals surface area (Å²) in [5.74, 6) is -2.32. The van der Waals surface area contributed by atoms with E-state index < -0.39 is 68.0 Å². The van der Waals surface area contributed by atoms with Gasteiger partial charge in [-0.15, -0.1) is 0 Å². The molecule has 6 atom stereocenters. The van der Waals surface area contributed by atoms with Gasteiger partial charge in [0.1, 0.15) is 24.2 Å². The molecular weight excluding hydrogens is 721 g/mol. The van der Waals surface area contributed by atoms with E-state index >= 15 is 4.79 Å². The highest BCUT2D eigenvalue weighted by atomic mass is 32.2. The minimum absolute atomic E-state index is 0.00280. The van der Waals surface area contributed by atoms with E-state index in [0.29, 0.717) is 38.6 Å². The number of carbonyl (C=O) groups excluding carboxylic acids is 5. The summed E-state index contributed by atoms with van der Waals surface area (Å²) in [7, 11) is -3.83. The highest BCUT2D eigenvalue weighted by Gasteiger charge is 2.85. The van der Waals surface area contributed by atoms with E-state index in [-0.39, 0.29) is 46.6 Å². The fourth-order valence-corrected chi connectivity index (χ4v) is 11.7. The lowest BCUT2D eigenvalue weighted by Crippen LogP contribution is -2.64. The first-order chi connectivity index (χ1) is 25.3. The third-order valence-corrected chi connectivity index (χ3v) is 16.0. The van der Waals surface area contributed by atoms with Gasteiger partial charge in [0.15, 0.2) is 0 Å². The zero-order valence-corrected chi connectivity index (χ0v) is 36.2. The van der Waals surface area contributed by atoms with Crippen LogP contribution in [0, 0.1) is 27.1 Å². The first kappa shape index (κ1) is 43.4. The lowest BCUT2D eigenvalue weighted by atomic mass is 9.73. The summed E-state index contributed by atoms with van der Waals surface area (Å²) >= 11 is 0. The van der Waals surface area contributed by atoms with E-state index in [0.717, 1.165) is 38.6 Å². The maximum Gasteiger partial charge on any atom is 0.256 e. The minimum Gasteiger partial charge on any atom is -0.342 e. The van der Waals surface area contributed by atoms with Crippen LogP contribution in [0.15, 0.2) is 0 Å². The number of carbonyl (C=O) groups is 5. The lowest BCUT2D eigenvalue weighted by molar-refractivity contribution is -0.145. The monoisotopic (exact) mass is 791 g/mol. The van der Waals surface area contributed by atoms with Crippen molar-refractivity contribution in [3.63, 3.8) is 0 Å². The molecule has 5 rings (SSSR count). The summed E-state index contributed by atoms with van der Waals surface area (Å²) in [6.45, 7) is 22.9. The Hall–Kier alpha value is -2.74. The Morgan fingerprint density at radius 2 is 1.36 bits per heavy atom. The summed E-state index contributed by atoms with van der Waals surface area (Å²) < 4.78 is 27.5. The first-order valence-electron chi connectivity index (χ1n) is 20.9. The van der Waals surface area contributed by atoms with Gasteiger partial charge in [-0.3, -0.25) is 33.6 Å². The standard InChI is InChI=1S/C41H70N6O7S/c1-12-16-27(32(48)45-55(53,54)26-18-19-26)42-34(50)29-23-41(39(10,11)40(41)20-15-21-40)24-47(29)36(52)31(38(7,8)9)44-35(51)30(37(4,5)6)43-33(49)28-17-13-14-22-46(28)25(2)3/h25-31H,12-24H2,1-11H3,(H,42,50)(H,43,49)(H,44,51)(H,45,48)/t27-,28-,29-,30+,31+,41+/m0/s1. The largest absolute Gasteiger partial charge is 0.342 e. The third kappa shape index (κ3) is 8.06. The molecule has 3 aliphatic carbocycles. The molecule has 2 aliphatic heterocycles. The topological polar surface area (TPSA) is 174 Å². The Morgan fingerprint density at radius 1 is 0.764 bits per heavy atom. The molecule has 4 N–H and O–H groups in total. The van der Waals surface area contributed by atoms with Crippen LogP contribution in [0.3, 0.4) is 0 Å². The Labute approximate surface area is 330 Å². The zero-order chi connectivity index (χ0) is 41.1. The van der Waals surface area contributed by atoms with Gasteiger partial charge in [0.25, 0.3) is 5.91 Å². The maximum absolute atomic E-state index is 15.0.